The van der Waals surface area contributed by atoms with Gasteiger partial charge in [0.1, 0.15) is 5.69 Å². The number of aromatic nitrogens is 2. The minimum Gasteiger partial charge on any atom is -0.461 e. The highest BCUT2D eigenvalue weighted by Gasteiger charge is 2.52. The molecule has 0 radical (unpaired) electrons. The molecule has 1 aromatic heterocycles. The molecule has 0 spiro atoms. The molecule has 27 heavy (non-hydrogen) atoms. The van der Waals surface area contributed by atoms with Gasteiger partial charge in [-0.25, -0.2) is 4.79 Å². The van der Waals surface area contributed by atoms with Gasteiger partial charge in [0.25, 0.3) is 5.91 Å². The summed E-state index contributed by atoms with van der Waals surface area (Å²) in [4.78, 5) is 26.9. The number of nitrogens with zero attached hydrogens (tertiary/aromatic N) is 2. The van der Waals surface area contributed by atoms with Crippen molar-refractivity contribution in [2.45, 2.75) is 39.2 Å². The van der Waals surface area contributed by atoms with Gasteiger partial charge in [0.05, 0.1) is 12.1 Å². The van der Waals surface area contributed by atoms with Crippen LogP contribution in [0.3, 0.4) is 0 Å². The van der Waals surface area contributed by atoms with E-state index in [-0.39, 0.29) is 23.9 Å². The molecule has 1 amide bonds. The molecular formula is C20H22ClN3O3. The molecular weight excluding hydrogens is 366 g/mol. The van der Waals surface area contributed by atoms with Gasteiger partial charge >= 0.3 is 5.97 Å². The normalized spacial score (nSPS) is 14.5. The van der Waals surface area contributed by atoms with Gasteiger partial charge in [0.15, 0.2) is 5.69 Å². The number of anilines is 1. The summed E-state index contributed by atoms with van der Waals surface area (Å²) in [5.74, 6) is -0.864. The number of ether oxygens (including phenoxy) is 1. The van der Waals surface area contributed by atoms with Crippen molar-refractivity contribution >= 4 is 29.2 Å². The lowest BCUT2D eigenvalue weighted by molar-refractivity contribution is 0.0519. The van der Waals surface area contributed by atoms with Crippen LogP contribution in [-0.4, -0.2) is 34.2 Å². The summed E-state index contributed by atoms with van der Waals surface area (Å²) in [5.41, 5.74) is 2.32. The fourth-order valence-corrected chi connectivity index (χ4v) is 3.27. The molecule has 0 atom stereocenters. The molecule has 0 aliphatic heterocycles. The molecule has 0 saturated heterocycles. The first kappa shape index (κ1) is 19.2. The van der Waals surface area contributed by atoms with E-state index < -0.39 is 11.5 Å². The summed E-state index contributed by atoms with van der Waals surface area (Å²) in [6.07, 6.45) is 1.63. The van der Waals surface area contributed by atoms with Crippen LogP contribution >= 0.6 is 11.6 Å². The van der Waals surface area contributed by atoms with Crippen LogP contribution in [0.1, 0.15) is 53.2 Å². The van der Waals surface area contributed by atoms with Crippen LogP contribution in [0.25, 0.3) is 0 Å². The number of nitrogens with one attached hydrogen (secondary N) is 1. The second-order valence-corrected chi connectivity index (χ2v) is 7.18. The molecule has 1 aromatic carbocycles. The molecule has 3 rings (SSSR count). The summed E-state index contributed by atoms with van der Waals surface area (Å²) >= 11 is 6.30. The van der Waals surface area contributed by atoms with Crippen LogP contribution in [0.2, 0.25) is 5.02 Å². The number of H-pyrrole nitrogens is 1. The third kappa shape index (κ3) is 3.49. The number of carbonyl (C=O) groups excluding carboxylic acids is 2. The van der Waals surface area contributed by atoms with Gasteiger partial charge in [-0.05, 0) is 51.3 Å². The average Bonchev–Trinajstić information content (AvgIpc) is 3.26. The summed E-state index contributed by atoms with van der Waals surface area (Å²) < 4.78 is 4.95. The Hall–Kier alpha value is -2.60. The highest BCUT2D eigenvalue weighted by Crippen LogP contribution is 2.49. The number of esters is 1. The van der Waals surface area contributed by atoms with Gasteiger partial charge < -0.3 is 4.74 Å². The molecule has 6 nitrogen and oxygen atoms in total. The predicted molar refractivity (Wildman–Crippen MR) is 104 cm³/mol. The van der Waals surface area contributed by atoms with Crippen LogP contribution in [0.4, 0.5) is 5.69 Å². The summed E-state index contributed by atoms with van der Waals surface area (Å²) in [6.45, 7) is 9.86. The summed E-state index contributed by atoms with van der Waals surface area (Å²) in [5, 5.41) is 7.19. The number of amides is 1. The quantitative estimate of drug-likeness (QED) is 0.592. The van der Waals surface area contributed by atoms with Crippen LogP contribution in [0.15, 0.2) is 36.4 Å². The number of hydrogen-bond acceptors (Lipinski definition) is 4. The monoisotopic (exact) mass is 387 g/mol. The molecule has 1 aliphatic rings. The maximum Gasteiger partial charge on any atom is 0.356 e. The Bertz CT molecular complexity index is 915. The maximum atomic E-state index is 13.3. The van der Waals surface area contributed by atoms with Crippen LogP contribution < -0.4 is 4.90 Å². The second kappa shape index (κ2) is 7.19. The molecule has 1 heterocycles. The minimum absolute atomic E-state index is 0.141. The van der Waals surface area contributed by atoms with Crippen molar-refractivity contribution in [2.75, 3.05) is 11.5 Å². The zero-order valence-corrected chi connectivity index (χ0v) is 16.4. The fraction of sp³-hybridized carbons (Fsp3) is 0.350. The second-order valence-electron chi connectivity index (χ2n) is 6.77. The van der Waals surface area contributed by atoms with Crippen molar-refractivity contribution in [3.63, 3.8) is 0 Å². The SMILES string of the molecule is C=C(C)C1(N(C(=O)c2cc(C(=O)OCC)[nH]n2)c2ccc(C)c(Cl)c2)CC1. The molecule has 1 saturated carbocycles. The largest absolute Gasteiger partial charge is 0.461 e. The van der Waals surface area contributed by atoms with Crippen molar-refractivity contribution in [1.82, 2.24) is 10.2 Å². The zero-order valence-electron chi connectivity index (χ0n) is 15.6. The number of carbonyl (C=O) groups is 2. The van der Waals surface area contributed by atoms with Crippen molar-refractivity contribution in [3.8, 4) is 0 Å². The first-order chi connectivity index (χ1) is 12.8. The third-order valence-corrected chi connectivity index (χ3v) is 5.26. The number of benzene rings is 1. The number of rotatable bonds is 6. The highest BCUT2D eigenvalue weighted by atomic mass is 35.5. The molecule has 0 bridgehead atoms. The van der Waals surface area contributed by atoms with Crippen molar-refractivity contribution in [2.24, 2.45) is 0 Å². The van der Waals surface area contributed by atoms with Gasteiger partial charge in [0.2, 0.25) is 0 Å². The lowest BCUT2D eigenvalue weighted by atomic mass is 10.0. The molecule has 2 aromatic rings. The van der Waals surface area contributed by atoms with Gasteiger partial charge in [0, 0.05) is 16.8 Å². The number of halogens is 1. The van der Waals surface area contributed by atoms with E-state index in [1.54, 1.807) is 17.9 Å². The molecule has 7 heteroatoms. The smallest absolute Gasteiger partial charge is 0.356 e. The van der Waals surface area contributed by atoms with E-state index in [1.165, 1.54) is 6.07 Å². The predicted octanol–water partition coefficient (Wildman–Crippen LogP) is 4.30. The Labute approximate surface area is 163 Å². The van der Waals surface area contributed by atoms with Crippen molar-refractivity contribution in [3.05, 3.63) is 58.4 Å². The first-order valence-corrected chi connectivity index (χ1v) is 9.17. The van der Waals surface area contributed by atoms with Crippen LogP contribution in [0.5, 0.6) is 0 Å². The van der Waals surface area contributed by atoms with E-state index in [0.717, 1.165) is 24.0 Å². The molecule has 0 unspecified atom stereocenters. The summed E-state index contributed by atoms with van der Waals surface area (Å²) in [7, 11) is 0. The van der Waals surface area contributed by atoms with E-state index >= 15 is 0 Å². The number of aromatic amines is 1. The van der Waals surface area contributed by atoms with Crippen molar-refractivity contribution in [1.29, 1.82) is 0 Å². The Morgan fingerprint density at radius 1 is 1.37 bits per heavy atom. The molecule has 142 valence electrons. The molecule has 1 N–H and O–H groups in total. The lowest BCUT2D eigenvalue weighted by Crippen LogP contribution is -2.43. The first-order valence-electron chi connectivity index (χ1n) is 8.79. The number of aryl methyl sites for hydroxylation is 1. The van der Waals surface area contributed by atoms with Gasteiger partial charge in [-0.15, -0.1) is 0 Å². The van der Waals surface area contributed by atoms with E-state index in [4.69, 9.17) is 16.3 Å². The van der Waals surface area contributed by atoms with Gasteiger partial charge in [-0.2, -0.15) is 5.10 Å². The number of hydrogen-bond donors (Lipinski definition) is 1. The van der Waals surface area contributed by atoms with E-state index in [1.807, 2.05) is 26.0 Å². The van der Waals surface area contributed by atoms with Crippen molar-refractivity contribution < 1.29 is 14.3 Å². The van der Waals surface area contributed by atoms with Gasteiger partial charge in [-0.3, -0.25) is 14.8 Å². The van der Waals surface area contributed by atoms with E-state index in [9.17, 15) is 9.59 Å². The Kier molecular flexibility index (Phi) is 5.11. The third-order valence-electron chi connectivity index (χ3n) is 4.86. The van der Waals surface area contributed by atoms with E-state index in [2.05, 4.69) is 16.8 Å². The fourth-order valence-electron chi connectivity index (χ4n) is 3.10. The van der Waals surface area contributed by atoms with E-state index in [0.29, 0.717) is 10.7 Å². The molecule has 1 aliphatic carbocycles. The maximum absolute atomic E-state index is 13.3. The highest BCUT2D eigenvalue weighted by molar-refractivity contribution is 6.31. The van der Waals surface area contributed by atoms with Crippen LogP contribution in [-0.2, 0) is 4.74 Å². The minimum atomic E-state index is -0.546. The summed E-state index contributed by atoms with van der Waals surface area (Å²) in [6, 6.07) is 6.93. The Morgan fingerprint density at radius 2 is 2.07 bits per heavy atom. The average molecular weight is 388 g/mol. The lowest BCUT2D eigenvalue weighted by Gasteiger charge is -2.32. The Balaban J connectivity index is 2.01. The standard InChI is InChI=1S/C20H22ClN3O3/c1-5-27-19(26)17-11-16(22-23-17)18(25)24(20(8-9-20)12(2)3)14-7-6-13(4)15(21)10-14/h6-7,10-11H,2,5,8-9H2,1,3-4H3,(H,22,23). The van der Waals surface area contributed by atoms with Crippen LogP contribution in [0, 0.1) is 6.92 Å². The van der Waals surface area contributed by atoms with Gasteiger partial charge in [-0.1, -0.05) is 29.8 Å². The molecule has 1 fully saturated rings. The zero-order chi connectivity index (χ0) is 19.8. The Morgan fingerprint density at radius 3 is 2.63 bits per heavy atom. The topological polar surface area (TPSA) is 75.3 Å².